The van der Waals surface area contributed by atoms with Crippen LogP contribution in [0, 0.1) is 0 Å². The molecule has 0 atom stereocenters. The van der Waals surface area contributed by atoms with Gasteiger partial charge in [-0.05, 0) is 18.2 Å². The van der Waals surface area contributed by atoms with Crippen LogP contribution in [0.5, 0.6) is 0 Å². The van der Waals surface area contributed by atoms with E-state index in [4.69, 9.17) is 10.7 Å². The van der Waals surface area contributed by atoms with Crippen molar-refractivity contribution in [3.05, 3.63) is 24.3 Å². The van der Waals surface area contributed by atoms with Gasteiger partial charge in [0, 0.05) is 21.3 Å². The number of alkyl halides is 1. The fourth-order valence-corrected chi connectivity index (χ4v) is 2.44. The quantitative estimate of drug-likeness (QED) is 0.612. The molecule has 2 nitrogen and oxygen atoms in total. The Hall–Kier alpha value is -0.260. The molecule has 14 heavy (non-hydrogen) atoms. The minimum Gasteiger partial charge on any atom is -0.250 e. The molecule has 0 aliphatic carbocycles. The molecule has 0 N–H and O–H groups in total. The standard InChI is InChI=1S/C8H8ClFO2S2/c9-14(11,12)8-3-1-2-7(6-8)13-5-4-10/h1-3,6H,4-5H2. The molecule has 0 unspecified atom stereocenters. The number of thioether (sulfide) groups is 1. The van der Waals surface area contributed by atoms with Crippen molar-refractivity contribution in [2.75, 3.05) is 12.4 Å². The Labute approximate surface area is 90.9 Å². The first-order valence-electron chi connectivity index (χ1n) is 3.77. The van der Waals surface area contributed by atoms with Crippen LogP contribution in [-0.2, 0) is 9.05 Å². The molecular formula is C8H8ClFO2S2. The third-order valence-electron chi connectivity index (χ3n) is 1.43. The van der Waals surface area contributed by atoms with E-state index in [-0.39, 0.29) is 4.90 Å². The second-order valence-electron chi connectivity index (χ2n) is 2.45. The molecule has 0 fully saturated rings. The third-order valence-corrected chi connectivity index (χ3v) is 3.73. The van der Waals surface area contributed by atoms with Crippen LogP contribution < -0.4 is 0 Å². The smallest absolute Gasteiger partial charge is 0.250 e. The summed E-state index contributed by atoms with van der Waals surface area (Å²) < 4.78 is 33.7. The first-order chi connectivity index (χ1) is 6.54. The molecule has 0 radical (unpaired) electrons. The zero-order valence-electron chi connectivity index (χ0n) is 7.11. The fourth-order valence-electron chi connectivity index (χ4n) is 0.872. The summed E-state index contributed by atoms with van der Waals surface area (Å²) >= 11 is 1.25. The Balaban J connectivity index is 2.90. The summed E-state index contributed by atoms with van der Waals surface area (Å²) in [5.41, 5.74) is 0. The van der Waals surface area contributed by atoms with Gasteiger partial charge in [-0.25, -0.2) is 8.42 Å². The van der Waals surface area contributed by atoms with Crippen LogP contribution in [0.1, 0.15) is 0 Å². The number of benzene rings is 1. The highest BCUT2D eigenvalue weighted by atomic mass is 35.7. The van der Waals surface area contributed by atoms with E-state index < -0.39 is 15.7 Å². The van der Waals surface area contributed by atoms with Gasteiger partial charge < -0.3 is 0 Å². The number of rotatable bonds is 4. The monoisotopic (exact) mass is 254 g/mol. The predicted octanol–water partition coefficient (Wildman–Crippen LogP) is 2.68. The van der Waals surface area contributed by atoms with E-state index in [1.54, 1.807) is 12.1 Å². The molecule has 1 rings (SSSR count). The summed E-state index contributed by atoms with van der Waals surface area (Å²) in [6.45, 7) is -0.442. The molecule has 0 spiro atoms. The van der Waals surface area contributed by atoms with Crippen LogP contribution in [-0.4, -0.2) is 20.8 Å². The number of hydrogen-bond acceptors (Lipinski definition) is 3. The van der Waals surface area contributed by atoms with Gasteiger partial charge in [0.1, 0.15) is 0 Å². The number of halogens is 2. The number of hydrogen-bond donors (Lipinski definition) is 0. The van der Waals surface area contributed by atoms with Gasteiger partial charge in [0.15, 0.2) is 0 Å². The Bertz CT molecular complexity index is 406. The van der Waals surface area contributed by atoms with Gasteiger partial charge in [-0.2, -0.15) is 0 Å². The Morgan fingerprint density at radius 1 is 1.43 bits per heavy atom. The lowest BCUT2D eigenvalue weighted by molar-refractivity contribution is 0.533. The van der Waals surface area contributed by atoms with Gasteiger partial charge >= 0.3 is 0 Å². The van der Waals surface area contributed by atoms with Gasteiger partial charge in [-0.3, -0.25) is 4.39 Å². The van der Waals surface area contributed by atoms with Crippen LogP contribution in [0.3, 0.4) is 0 Å². The van der Waals surface area contributed by atoms with Gasteiger partial charge in [-0.1, -0.05) is 6.07 Å². The molecule has 1 aromatic rings. The summed E-state index contributed by atoms with van der Waals surface area (Å²) in [6, 6.07) is 6.13. The van der Waals surface area contributed by atoms with Gasteiger partial charge in [-0.15, -0.1) is 11.8 Å². The highest BCUT2D eigenvalue weighted by Gasteiger charge is 2.09. The Kier molecular flexibility index (Phi) is 4.22. The third kappa shape index (κ3) is 3.48. The molecule has 0 amide bonds. The lowest BCUT2D eigenvalue weighted by Gasteiger charge is -2.00. The van der Waals surface area contributed by atoms with Gasteiger partial charge in [0.2, 0.25) is 0 Å². The van der Waals surface area contributed by atoms with Crippen LogP contribution in [0.4, 0.5) is 4.39 Å². The van der Waals surface area contributed by atoms with Crippen LogP contribution in [0.2, 0.25) is 0 Å². The molecule has 0 saturated heterocycles. The van der Waals surface area contributed by atoms with Crippen molar-refractivity contribution in [1.29, 1.82) is 0 Å². The van der Waals surface area contributed by atoms with E-state index in [1.165, 1.54) is 23.9 Å². The van der Waals surface area contributed by atoms with E-state index in [1.807, 2.05) is 0 Å². The van der Waals surface area contributed by atoms with Crippen molar-refractivity contribution in [3.63, 3.8) is 0 Å². The molecule has 78 valence electrons. The first-order valence-corrected chi connectivity index (χ1v) is 7.07. The summed E-state index contributed by atoms with van der Waals surface area (Å²) in [5, 5.41) is 0. The van der Waals surface area contributed by atoms with Crippen LogP contribution in [0.15, 0.2) is 34.1 Å². The highest BCUT2D eigenvalue weighted by molar-refractivity contribution is 8.13. The van der Waals surface area contributed by atoms with Crippen LogP contribution in [0.25, 0.3) is 0 Å². The minimum atomic E-state index is -3.69. The van der Waals surface area contributed by atoms with Crippen molar-refractivity contribution in [2.24, 2.45) is 0 Å². The predicted molar refractivity (Wildman–Crippen MR) is 56.2 cm³/mol. The first kappa shape index (κ1) is 11.8. The van der Waals surface area contributed by atoms with E-state index >= 15 is 0 Å². The van der Waals surface area contributed by atoms with Crippen molar-refractivity contribution >= 4 is 31.5 Å². The van der Waals surface area contributed by atoms with E-state index in [0.717, 1.165) is 0 Å². The lowest BCUT2D eigenvalue weighted by atomic mass is 10.4. The molecule has 0 aromatic heterocycles. The summed E-state index contributed by atoms with van der Waals surface area (Å²) in [5.74, 6) is 0.311. The van der Waals surface area contributed by atoms with Crippen molar-refractivity contribution < 1.29 is 12.8 Å². The molecule has 0 aliphatic heterocycles. The molecule has 0 bridgehead atoms. The topological polar surface area (TPSA) is 34.1 Å². The summed E-state index contributed by atoms with van der Waals surface area (Å²) in [6.07, 6.45) is 0. The minimum absolute atomic E-state index is 0.0445. The molecule has 1 aromatic carbocycles. The zero-order chi connectivity index (χ0) is 10.6. The van der Waals surface area contributed by atoms with E-state index in [9.17, 15) is 12.8 Å². The Morgan fingerprint density at radius 2 is 2.14 bits per heavy atom. The normalized spacial score (nSPS) is 11.6. The zero-order valence-corrected chi connectivity index (χ0v) is 9.50. The van der Waals surface area contributed by atoms with E-state index in [0.29, 0.717) is 10.6 Å². The molecule has 0 aliphatic rings. The summed E-state index contributed by atoms with van der Waals surface area (Å²) in [4.78, 5) is 0.743. The average molecular weight is 255 g/mol. The maximum absolute atomic E-state index is 11.8. The second-order valence-corrected chi connectivity index (χ2v) is 6.18. The molecule has 0 saturated carbocycles. The maximum Gasteiger partial charge on any atom is 0.261 e. The van der Waals surface area contributed by atoms with Crippen molar-refractivity contribution in [2.45, 2.75) is 9.79 Å². The fraction of sp³-hybridized carbons (Fsp3) is 0.250. The largest absolute Gasteiger partial charge is 0.261 e. The second kappa shape index (κ2) is 5.00. The van der Waals surface area contributed by atoms with E-state index in [2.05, 4.69) is 0 Å². The summed E-state index contributed by atoms with van der Waals surface area (Å²) in [7, 11) is 1.47. The van der Waals surface area contributed by atoms with Crippen LogP contribution >= 0.6 is 22.4 Å². The molecular weight excluding hydrogens is 247 g/mol. The lowest BCUT2D eigenvalue weighted by Crippen LogP contribution is -1.90. The molecule has 6 heteroatoms. The molecule has 0 heterocycles. The SMILES string of the molecule is O=S(=O)(Cl)c1cccc(SCCF)c1. The van der Waals surface area contributed by atoms with Crippen molar-refractivity contribution in [1.82, 2.24) is 0 Å². The van der Waals surface area contributed by atoms with Gasteiger partial charge in [0.25, 0.3) is 9.05 Å². The van der Waals surface area contributed by atoms with Gasteiger partial charge in [0.05, 0.1) is 11.6 Å². The highest BCUT2D eigenvalue weighted by Crippen LogP contribution is 2.23. The van der Waals surface area contributed by atoms with Crippen molar-refractivity contribution in [3.8, 4) is 0 Å². The maximum atomic E-state index is 11.8. The Morgan fingerprint density at radius 3 is 2.71 bits per heavy atom. The average Bonchev–Trinajstić information content (AvgIpc) is 2.14.